The highest BCUT2D eigenvalue weighted by Crippen LogP contribution is 2.45. The minimum Gasteiger partial charge on any atom is -0.462 e. The van der Waals surface area contributed by atoms with Gasteiger partial charge >= 0.3 is 39.5 Å². The largest absolute Gasteiger partial charge is 0.472 e. The summed E-state index contributed by atoms with van der Waals surface area (Å²) in [5, 5.41) is 10.6. The van der Waals surface area contributed by atoms with Crippen molar-refractivity contribution in [1.82, 2.24) is 0 Å². The molecule has 19 heteroatoms. The molecule has 17 nitrogen and oxygen atoms in total. The van der Waals surface area contributed by atoms with Crippen molar-refractivity contribution in [2.45, 2.75) is 413 Å². The first-order valence-corrected chi connectivity index (χ1v) is 42.5. The summed E-state index contributed by atoms with van der Waals surface area (Å²) in [4.78, 5) is 72.7. The van der Waals surface area contributed by atoms with E-state index in [1.807, 2.05) is 0 Å². The highest BCUT2D eigenvalue weighted by atomic mass is 31.2. The fourth-order valence-electron chi connectivity index (χ4n) is 11.6. The number of aliphatic hydroxyl groups excluding tert-OH is 1. The van der Waals surface area contributed by atoms with E-state index in [0.29, 0.717) is 25.7 Å². The van der Waals surface area contributed by atoms with E-state index in [9.17, 15) is 43.2 Å². The van der Waals surface area contributed by atoms with Gasteiger partial charge < -0.3 is 33.8 Å². The lowest BCUT2D eigenvalue weighted by Crippen LogP contribution is -2.30. The summed E-state index contributed by atoms with van der Waals surface area (Å²) >= 11 is 0. The number of hydrogen-bond acceptors (Lipinski definition) is 15. The lowest BCUT2D eigenvalue weighted by Gasteiger charge is -2.21. The molecule has 95 heavy (non-hydrogen) atoms. The van der Waals surface area contributed by atoms with Crippen molar-refractivity contribution in [2.75, 3.05) is 39.6 Å². The average Bonchev–Trinajstić information content (AvgIpc) is 1.91. The lowest BCUT2D eigenvalue weighted by molar-refractivity contribution is -0.161. The number of carbonyl (C=O) groups is 4. The van der Waals surface area contributed by atoms with Crippen molar-refractivity contribution in [1.29, 1.82) is 0 Å². The summed E-state index contributed by atoms with van der Waals surface area (Å²) in [6, 6.07) is 0. The molecule has 0 saturated carbocycles. The predicted octanol–water partition coefficient (Wildman–Crippen LogP) is 22.3. The molecule has 0 aliphatic rings. The molecule has 3 unspecified atom stereocenters. The zero-order valence-electron chi connectivity index (χ0n) is 62.0. The maximum Gasteiger partial charge on any atom is 0.472 e. The first-order chi connectivity index (χ1) is 45.9. The van der Waals surface area contributed by atoms with Gasteiger partial charge in [0.05, 0.1) is 26.4 Å². The normalized spacial score (nSPS) is 14.3. The Morgan fingerprint density at radius 3 is 0.800 bits per heavy atom. The van der Waals surface area contributed by atoms with E-state index < -0.39 is 97.5 Å². The van der Waals surface area contributed by atoms with E-state index in [0.717, 1.165) is 115 Å². The van der Waals surface area contributed by atoms with Crippen molar-refractivity contribution in [2.24, 2.45) is 11.8 Å². The van der Waals surface area contributed by atoms with Gasteiger partial charge in [0.2, 0.25) is 0 Å². The van der Waals surface area contributed by atoms with Crippen LogP contribution in [0.2, 0.25) is 0 Å². The van der Waals surface area contributed by atoms with E-state index >= 15 is 0 Å². The van der Waals surface area contributed by atoms with Crippen LogP contribution in [0.5, 0.6) is 0 Å². The summed E-state index contributed by atoms with van der Waals surface area (Å²) in [5.41, 5.74) is 0. The Balaban J connectivity index is 5.20. The van der Waals surface area contributed by atoms with E-state index in [4.69, 9.17) is 37.0 Å². The van der Waals surface area contributed by atoms with Crippen LogP contribution < -0.4 is 0 Å². The van der Waals surface area contributed by atoms with Crippen LogP contribution in [0.25, 0.3) is 0 Å². The lowest BCUT2D eigenvalue weighted by atomic mass is 9.99. The minimum atomic E-state index is -4.96. The molecule has 0 amide bonds. The zero-order valence-corrected chi connectivity index (χ0v) is 63.8. The highest BCUT2D eigenvalue weighted by molar-refractivity contribution is 7.47. The molecule has 0 aromatic carbocycles. The van der Waals surface area contributed by atoms with E-state index in [1.165, 1.54) is 199 Å². The maximum absolute atomic E-state index is 13.1. The third-order valence-corrected chi connectivity index (χ3v) is 20.0. The number of aliphatic hydroxyl groups is 1. The number of ether oxygens (including phenoxy) is 4. The Morgan fingerprint density at radius 2 is 0.537 bits per heavy atom. The van der Waals surface area contributed by atoms with Crippen LogP contribution in [0.15, 0.2) is 0 Å². The number of rotatable bonds is 75. The zero-order chi connectivity index (χ0) is 70.0. The van der Waals surface area contributed by atoms with Crippen LogP contribution in [0.3, 0.4) is 0 Å². The van der Waals surface area contributed by atoms with Crippen LogP contribution in [0.4, 0.5) is 0 Å². The van der Waals surface area contributed by atoms with Gasteiger partial charge in [-0.15, -0.1) is 0 Å². The van der Waals surface area contributed by atoms with Crippen LogP contribution in [0, 0.1) is 11.8 Å². The first-order valence-electron chi connectivity index (χ1n) is 39.5. The van der Waals surface area contributed by atoms with Gasteiger partial charge in [-0.1, -0.05) is 343 Å². The van der Waals surface area contributed by atoms with Gasteiger partial charge in [-0.25, -0.2) is 9.13 Å². The molecule has 564 valence electrons. The van der Waals surface area contributed by atoms with Crippen LogP contribution >= 0.6 is 15.6 Å². The molecule has 0 aromatic rings. The molecule has 0 fully saturated rings. The molecular weight excluding hydrogens is 1250 g/mol. The van der Waals surface area contributed by atoms with Gasteiger partial charge in [0, 0.05) is 25.7 Å². The number of esters is 4. The summed E-state index contributed by atoms with van der Waals surface area (Å²) in [7, 11) is -9.91. The smallest absolute Gasteiger partial charge is 0.462 e. The predicted molar refractivity (Wildman–Crippen MR) is 386 cm³/mol. The Hall–Kier alpha value is -1.94. The third-order valence-electron chi connectivity index (χ3n) is 18.1. The van der Waals surface area contributed by atoms with Gasteiger partial charge in [0.25, 0.3) is 0 Å². The first kappa shape index (κ1) is 93.1. The summed E-state index contributed by atoms with van der Waals surface area (Å²) < 4.78 is 68.4. The molecule has 3 N–H and O–H groups in total. The molecule has 0 spiro atoms. The number of carbonyl (C=O) groups excluding carboxylic acids is 4. The number of phosphoric acid groups is 2. The highest BCUT2D eigenvalue weighted by Gasteiger charge is 2.30. The minimum absolute atomic E-state index is 0.106. The molecular formula is C76H148O17P2. The Morgan fingerprint density at radius 1 is 0.305 bits per heavy atom. The molecule has 0 bridgehead atoms. The van der Waals surface area contributed by atoms with Crippen molar-refractivity contribution < 1.29 is 80.2 Å². The second-order valence-corrected chi connectivity index (χ2v) is 31.0. The fourth-order valence-corrected chi connectivity index (χ4v) is 13.2. The molecule has 0 aliphatic carbocycles. The van der Waals surface area contributed by atoms with E-state index in [-0.39, 0.29) is 25.7 Å². The molecule has 0 rings (SSSR count). The molecule has 6 atom stereocenters. The second-order valence-electron chi connectivity index (χ2n) is 28.1. The van der Waals surface area contributed by atoms with E-state index in [2.05, 4.69) is 41.5 Å². The Kier molecular flexibility index (Phi) is 66.5. The van der Waals surface area contributed by atoms with Crippen molar-refractivity contribution >= 4 is 39.5 Å². The monoisotopic (exact) mass is 1400 g/mol. The van der Waals surface area contributed by atoms with Crippen LogP contribution in [0.1, 0.15) is 395 Å². The molecule has 0 aromatic heterocycles. The summed E-state index contributed by atoms with van der Waals surface area (Å²) in [5.74, 6) is -0.525. The third kappa shape index (κ3) is 69.0. The summed E-state index contributed by atoms with van der Waals surface area (Å²) in [6.45, 7) is 9.60. The topological polar surface area (TPSA) is 237 Å². The SMILES string of the molecule is CCCCCCCCCCCCCCCCCCCCC(=O)O[C@H](COC(=O)CCCCCCCCCCCCCCCC(C)C)COP(=O)(O)OC[C@@H](O)COP(=O)(O)OC[C@@H](COC(=O)CCCCCCCCC)OC(=O)CCCCCCCCCCCCC(C)CC. The molecule has 0 aliphatic heterocycles. The van der Waals surface area contributed by atoms with Crippen molar-refractivity contribution in [3.05, 3.63) is 0 Å². The second kappa shape index (κ2) is 67.9. The molecule has 0 heterocycles. The van der Waals surface area contributed by atoms with Crippen molar-refractivity contribution in [3.8, 4) is 0 Å². The van der Waals surface area contributed by atoms with Crippen LogP contribution in [-0.2, 0) is 65.4 Å². The van der Waals surface area contributed by atoms with Gasteiger partial charge in [0.1, 0.15) is 19.3 Å². The van der Waals surface area contributed by atoms with Gasteiger partial charge in [-0.2, -0.15) is 0 Å². The molecule has 0 saturated heterocycles. The van der Waals surface area contributed by atoms with Crippen molar-refractivity contribution in [3.63, 3.8) is 0 Å². The number of hydrogen-bond donors (Lipinski definition) is 3. The van der Waals surface area contributed by atoms with Gasteiger partial charge in [-0.3, -0.25) is 37.3 Å². The Bertz CT molecular complexity index is 1840. The molecule has 0 radical (unpaired) electrons. The quantitative estimate of drug-likeness (QED) is 0.0222. The summed E-state index contributed by atoms with van der Waals surface area (Å²) in [6.07, 6.45) is 55.5. The van der Waals surface area contributed by atoms with Crippen LogP contribution in [-0.4, -0.2) is 96.7 Å². The van der Waals surface area contributed by atoms with Gasteiger partial charge in [-0.05, 0) is 37.5 Å². The van der Waals surface area contributed by atoms with E-state index in [1.54, 1.807) is 0 Å². The number of unbranched alkanes of at least 4 members (excludes halogenated alkanes) is 44. The van der Waals surface area contributed by atoms with Gasteiger partial charge in [0.15, 0.2) is 12.2 Å². The average molecular weight is 1400 g/mol. The standard InChI is InChI=1S/C76H148O17P2/c1-7-10-12-14-16-17-18-19-20-21-22-23-26-30-36-42-48-54-60-75(80)93-72(65-87-74(79)59-53-47-41-35-29-27-24-25-28-33-39-44-50-56-68(4)5)67-91-95(84,85)89-63-70(77)62-88-94(82,83)90-66-71(64-86-73(78)58-52-46-38-15-13-11-8-2)92-76(81)61-55-49-43-37-32-31-34-40-45-51-57-69(6)9-3/h68-72,77H,7-67H2,1-6H3,(H,82,83)(H,84,85)/t69?,70-,71+,72+/m0/s1. The Labute approximate surface area is 581 Å². The fraction of sp³-hybridized carbons (Fsp3) is 0.947. The maximum atomic E-state index is 13.1. The number of phosphoric ester groups is 2.